The van der Waals surface area contributed by atoms with E-state index in [2.05, 4.69) is 15.2 Å². The highest BCUT2D eigenvalue weighted by Crippen LogP contribution is 2.29. The summed E-state index contributed by atoms with van der Waals surface area (Å²) < 4.78 is 32.9. The molecule has 1 N–H and O–H groups in total. The van der Waals surface area contributed by atoms with E-state index < -0.39 is 10.0 Å². The minimum Gasteiger partial charge on any atom is -0.379 e. The first-order valence-corrected chi connectivity index (χ1v) is 11.6. The first kappa shape index (κ1) is 20.8. The molecule has 30 heavy (non-hydrogen) atoms. The number of ether oxygens (including phenoxy) is 1. The summed E-state index contributed by atoms with van der Waals surface area (Å²) in [7, 11) is -3.68. The molecule has 2 saturated heterocycles. The number of aromatic nitrogens is 1. The van der Waals surface area contributed by atoms with Gasteiger partial charge in [0.25, 0.3) is 5.91 Å². The van der Waals surface area contributed by atoms with Crippen molar-refractivity contribution in [2.24, 2.45) is 0 Å². The lowest BCUT2D eigenvalue weighted by Crippen LogP contribution is -2.40. The molecule has 0 bridgehead atoms. The molecule has 0 radical (unpaired) electrons. The summed E-state index contributed by atoms with van der Waals surface area (Å²) in [6.07, 6.45) is 3.79. The van der Waals surface area contributed by atoms with Crippen molar-refractivity contribution in [1.29, 1.82) is 0 Å². The Morgan fingerprint density at radius 2 is 1.83 bits per heavy atom. The number of nitrogens with one attached hydrogen (secondary N) is 1. The number of amides is 1. The molecule has 1 aromatic heterocycles. The van der Waals surface area contributed by atoms with Crippen molar-refractivity contribution in [1.82, 2.24) is 14.6 Å². The van der Waals surface area contributed by atoms with Gasteiger partial charge in [-0.05, 0) is 43.2 Å². The zero-order valence-electron chi connectivity index (χ0n) is 16.8. The molecule has 0 atom stereocenters. The van der Waals surface area contributed by atoms with E-state index in [-0.39, 0.29) is 17.3 Å². The lowest BCUT2D eigenvalue weighted by atomic mass is 10.1. The predicted molar refractivity (Wildman–Crippen MR) is 113 cm³/mol. The second-order valence-corrected chi connectivity index (χ2v) is 9.33. The Hall–Kier alpha value is -2.49. The number of hydrogen-bond donors (Lipinski definition) is 1. The number of sulfonamides is 1. The van der Waals surface area contributed by atoms with Crippen LogP contribution in [0.3, 0.4) is 0 Å². The largest absolute Gasteiger partial charge is 0.379 e. The Morgan fingerprint density at radius 1 is 1.07 bits per heavy atom. The molecule has 2 fully saturated rings. The molecular weight excluding hydrogens is 404 g/mol. The van der Waals surface area contributed by atoms with Gasteiger partial charge < -0.3 is 15.0 Å². The number of nitrogens with zero attached hydrogens (tertiary/aromatic N) is 3. The van der Waals surface area contributed by atoms with Crippen molar-refractivity contribution in [3.63, 3.8) is 0 Å². The number of anilines is 1. The van der Waals surface area contributed by atoms with Gasteiger partial charge in [-0.25, -0.2) is 8.42 Å². The van der Waals surface area contributed by atoms with Crippen molar-refractivity contribution in [3.8, 4) is 0 Å². The SMILES string of the molecule is O=C(NCc1ccccn1)c1cc(S(=O)(=O)N2CCOCC2)ccc1N1CCCC1. The lowest BCUT2D eigenvalue weighted by molar-refractivity contribution is 0.0730. The van der Waals surface area contributed by atoms with Crippen molar-refractivity contribution < 1.29 is 17.9 Å². The van der Waals surface area contributed by atoms with Gasteiger partial charge in [-0.1, -0.05) is 6.07 Å². The van der Waals surface area contributed by atoms with Gasteiger partial charge in [0.05, 0.1) is 35.9 Å². The van der Waals surface area contributed by atoms with Gasteiger partial charge in [-0.15, -0.1) is 0 Å². The monoisotopic (exact) mass is 430 g/mol. The van der Waals surface area contributed by atoms with Gasteiger partial charge >= 0.3 is 0 Å². The number of hydrogen-bond acceptors (Lipinski definition) is 6. The molecule has 0 aliphatic carbocycles. The Morgan fingerprint density at radius 3 is 2.53 bits per heavy atom. The summed E-state index contributed by atoms with van der Waals surface area (Å²) in [4.78, 5) is 19.6. The Balaban J connectivity index is 1.63. The molecule has 1 amide bonds. The summed E-state index contributed by atoms with van der Waals surface area (Å²) in [6, 6.07) is 10.4. The molecule has 0 saturated carbocycles. The van der Waals surface area contributed by atoms with Crippen LogP contribution in [-0.2, 0) is 21.3 Å². The summed E-state index contributed by atoms with van der Waals surface area (Å²) in [5, 5.41) is 2.88. The van der Waals surface area contributed by atoms with E-state index in [0.717, 1.165) is 37.3 Å². The maximum atomic E-state index is 13.1. The molecule has 3 heterocycles. The predicted octanol–water partition coefficient (Wildman–Crippen LogP) is 1.63. The number of carbonyl (C=O) groups excluding carboxylic acids is 1. The molecule has 2 aliphatic rings. The highest BCUT2D eigenvalue weighted by molar-refractivity contribution is 7.89. The number of morpholine rings is 1. The van der Waals surface area contributed by atoms with E-state index in [1.807, 2.05) is 18.2 Å². The minimum absolute atomic E-state index is 0.135. The zero-order chi connectivity index (χ0) is 21.0. The standard InChI is InChI=1S/C21H26N4O4S/c26-21(23-16-17-5-1-2-8-22-17)19-15-18(6-7-20(19)24-9-3-4-10-24)30(27,28)25-11-13-29-14-12-25/h1-2,5-8,15H,3-4,9-14,16H2,(H,23,26). The van der Waals surface area contributed by atoms with E-state index in [0.29, 0.717) is 31.9 Å². The van der Waals surface area contributed by atoms with Crippen molar-refractivity contribution in [2.75, 3.05) is 44.3 Å². The molecule has 4 rings (SSSR count). The lowest BCUT2D eigenvalue weighted by Gasteiger charge is -2.27. The molecule has 0 unspecified atom stereocenters. The number of benzene rings is 1. The summed E-state index contributed by atoms with van der Waals surface area (Å²) in [5.74, 6) is -0.304. The van der Waals surface area contributed by atoms with Gasteiger partial charge in [0.15, 0.2) is 0 Å². The minimum atomic E-state index is -3.68. The normalized spacial score (nSPS) is 17.8. The molecule has 8 nitrogen and oxygen atoms in total. The summed E-state index contributed by atoms with van der Waals surface area (Å²) in [5.41, 5.74) is 1.89. The van der Waals surface area contributed by atoms with Crippen LogP contribution >= 0.6 is 0 Å². The average Bonchev–Trinajstić information content (AvgIpc) is 3.33. The molecule has 1 aromatic carbocycles. The van der Waals surface area contributed by atoms with Crippen LogP contribution in [0.2, 0.25) is 0 Å². The van der Waals surface area contributed by atoms with Crippen LogP contribution in [0.5, 0.6) is 0 Å². The molecular formula is C21H26N4O4S. The Labute approximate surface area is 176 Å². The van der Waals surface area contributed by atoms with Crippen LogP contribution in [0, 0.1) is 0 Å². The van der Waals surface area contributed by atoms with Crippen LogP contribution in [0.1, 0.15) is 28.9 Å². The summed E-state index contributed by atoms with van der Waals surface area (Å²) in [6.45, 7) is 3.38. The Bertz CT molecular complexity index is 985. The highest BCUT2D eigenvalue weighted by atomic mass is 32.2. The number of pyridine rings is 1. The number of carbonyl (C=O) groups is 1. The average molecular weight is 431 g/mol. The van der Waals surface area contributed by atoms with Crippen LogP contribution in [-0.4, -0.2) is 63.0 Å². The van der Waals surface area contributed by atoms with Crippen LogP contribution in [0.25, 0.3) is 0 Å². The highest BCUT2D eigenvalue weighted by Gasteiger charge is 2.29. The first-order chi connectivity index (χ1) is 14.6. The second kappa shape index (κ2) is 9.11. The number of rotatable bonds is 6. The second-order valence-electron chi connectivity index (χ2n) is 7.39. The third-order valence-corrected chi connectivity index (χ3v) is 7.32. The van der Waals surface area contributed by atoms with Gasteiger partial charge in [0.1, 0.15) is 0 Å². The molecule has 0 spiro atoms. The van der Waals surface area contributed by atoms with Crippen LogP contribution in [0.15, 0.2) is 47.5 Å². The van der Waals surface area contributed by atoms with E-state index in [1.54, 1.807) is 18.3 Å². The smallest absolute Gasteiger partial charge is 0.253 e. The van der Waals surface area contributed by atoms with Crippen molar-refractivity contribution in [2.45, 2.75) is 24.3 Å². The third kappa shape index (κ3) is 4.48. The van der Waals surface area contributed by atoms with Gasteiger partial charge in [-0.3, -0.25) is 9.78 Å². The quantitative estimate of drug-likeness (QED) is 0.749. The third-order valence-electron chi connectivity index (χ3n) is 5.42. The first-order valence-electron chi connectivity index (χ1n) is 10.2. The fraction of sp³-hybridized carbons (Fsp3) is 0.429. The van der Waals surface area contributed by atoms with Crippen molar-refractivity contribution >= 4 is 21.6 Å². The van der Waals surface area contributed by atoms with E-state index in [4.69, 9.17) is 4.74 Å². The van der Waals surface area contributed by atoms with E-state index >= 15 is 0 Å². The fourth-order valence-electron chi connectivity index (χ4n) is 3.80. The zero-order valence-corrected chi connectivity index (χ0v) is 17.6. The topological polar surface area (TPSA) is 91.8 Å². The summed E-state index contributed by atoms with van der Waals surface area (Å²) >= 11 is 0. The van der Waals surface area contributed by atoms with Crippen LogP contribution in [0.4, 0.5) is 5.69 Å². The van der Waals surface area contributed by atoms with E-state index in [9.17, 15) is 13.2 Å². The van der Waals surface area contributed by atoms with E-state index in [1.165, 1.54) is 10.4 Å². The van der Waals surface area contributed by atoms with Crippen LogP contribution < -0.4 is 10.2 Å². The molecule has 2 aromatic rings. The fourth-order valence-corrected chi connectivity index (χ4v) is 5.23. The van der Waals surface area contributed by atoms with Gasteiger partial charge in [0, 0.05) is 38.1 Å². The molecule has 160 valence electrons. The molecule has 9 heteroatoms. The van der Waals surface area contributed by atoms with Gasteiger partial charge in [0.2, 0.25) is 10.0 Å². The maximum Gasteiger partial charge on any atom is 0.253 e. The van der Waals surface area contributed by atoms with Crippen molar-refractivity contribution in [3.05, 3.63) is 53.9 Å². The Kier molecular flexibility index (Phi) is 6.31. The maximum absolute atomic E-state index is 13.1. The molecule has 2 aliphatic heterocycles. The van der Waals surface area contributed by atoms with Gasteiger partial charge in [-0.2, -0.15) is 4.31 Å².